The third-order valence-electron chi connectivity index (χ3n) is 10.7. The van der Waals surface area contributed by atoms with Crippen LogP contribution in [0.25, 0.3) is 22.3 Å². The average molecular weight is 711 g/mol. The molecule has 0 aliphatic rings. The first-order chi connectivity index (χ1) is 25.6. The van der Waals surface area contributed by atoms with Crippen LogP contribution in [-0.4, -0.2) is 18.7 Å². The maximum atomic E-state index is 13.3. The largest absolute Gasteiger partial charge is 0.459 e. The van der Waals surface area contributed by atoms with E-state index in [0.717, 1.165) is 61.8 Å². The molecule has 3 aromatic carbocycles. The number of unbranched alkanes of at least 4 members (excludes halogenated alkanes) is 18. The van der Waals surface area contributed by atoms with Gasteiger partial charge < -0.3 is 9.47 Å². The van der Waals surface area contributed by atoms with E-state index in [1.165, 1.54) is 120 Å². The van der Waals surface area contributed by atoms with Crippen molar-refractivity contribution in [2.45, 2.75) is 188 Å². The Labute approximate surface area is 319 Å². The molecule has 0 spiro atoms. The summed E-state index contributed by atoms with van der Waals surface area (Å²) in [5, 5.41) is 0. The maximum Gasteiger partial charge on any atom is 0.339 e. The Morgan fingerprint density at radius 3 is 1.48 bits per heavy atom. The standard InChI is InChI=1S/C49H74O3/c1-5-8-10-11-12-13-14-15-16-17-18-19-20-21-22-23-24-27-40-51-41(4)42-32-34-43(35-33-42)44-36-38-45(39-37-44)47-30-25-26-31-48(47)49(50)52-46(28-7-3)29-9-6-2/h25-26,30-39,41,46H,5-24,27-29,40H2,1-4H3. The van der Waals surface area contributed by atoms with Gasteiger partial charge in [0.1, 0.15) is 6.10 Å². The minimum Gasteiger partial charge on any atom is -0.459 e. The third kappa shape index (κ3) is 17.3. The van der Waals surface area contributed by atoms with Crippen LogP contribution < -0.4 is 0 Å². The van der Waals surface area contributed by atoms with Crippen LogP contribution in [0.5, 0.6) is 0 Å². The summed E-state index contributed by atoms with van der Waals surface area (Å²) in [6.45, 7) is 9.61. The van der Waals surface area contributed by atoms with Crippen molar-refractivity contribution in [3.05, 3.63) is 83.9 Å². The SMILES string of the molecule is CCCCCCCCCCCCCCCCCCCCOC(C)c1ccc(-c2ccc(-c3ccccc3C(=O)OC(CCC)CCCC)cc2)cc1. The molecule has 0 fully saturated rings. The zero-order valence-electron chi connectivity index (χ0n) is 33.8. The Morgan fingerprint density at radius 1 is 0.500 bits per heavy atom. The highest BCUT2D eigenvalue weighted by Gasteiger charge is 2.19. The second kappa shape index (κ2) is 27.7. The Kier molecular flexibility index (Phi) is 23.1. The summed E-state index contributed by atoms with van der Waals surface area (Å²) in [6, 6.07) is 25.1. The summed E-state index contributed by atoms with van der Waals surface area (Å²) >= 11 is 0. The third-order valence-corrected chi connectivity index (χ3v) is 10.7. The first-order valence-corrected chi connectivity index (χ1v) is 21.7. The second-order valence-corrected chi connectivity index (χ2v) is 15.2. The van der Waals surface area contributed by atoms with Crippen molar-refractivity contribution in [3.63, 3.8) is 0 Å². The minimum atomic E-state index is -0.221. The molecule has 2 unspecified atom stereocenters. The van der Waals surface area contributed by atoms with Gasteiger partial charge in [0.2, 0.25) is 0 Å². The van der Waals surface area contributed by atoms with E-state index in [2.05, 4.69) is 76.2 Å². The molecule has 0 aromatic heterocycles. The highest BCUT2D eigenvalue weighted by molar-refractivity contribution is 5.97. The number of esters is 1. The van der Waals surface area contributed by atoms with Crippen LogP contribution >= 0.6 is 0 Å². The van der Waals surface area contributed by atoms with Gasteiger partial charge in [-0.25, -0.2) is 4.79 Å². The maximum absolute atomic E-state index is 13.3. The molecule has 0 saturated carbocycles. The van der Waals surface area contributed by atoms with Crippen LogP contribution in [0.15, 0.2) is 72.8 Å². The summed E-state index contributed by atoms with van der Waals surface area (Å²) in [7, 11) is 0. The summed E-state index contributed by atoms with van der Waals surface area (Å²) in [6.07, 6.45) is 30.2. The van der Waals surface area contributed by atoms with E-state index in [9.17, 15) is 4.79 Å². The predicted octanol–water partition coefficient (Wildman–Crippen LogP) is 15.7. The lowest BCUT2D eigenvalue weighted by atomic mass is 9.96. The normalized spacial score (nSPS) is 12.5. The number of ether oxygens (including phenoxy) is 2. The van der Waals surface area contributed by atoms with Crippen LogP contribution in [0.2, 0.25) is 0 Å². The van der Waals surface area contributed by atoms with Crippen LogP contribution in [-0.2, 0) is 9.47 Å². The van der Waals surface area contributed by atoms with Gasteiger partial charge in [-0.2, -0.15) is 0 Å². The van der Waals surface area contributed by atoms with E-state index in [-0.39, 0.29) is 18.2 Å². The summed E-state index contributed by atoms with van der Waals surface area (Å²) in [5.41, 5.74) is 6.13. The Balaban J connectivity index is 1.30. The van der Waals surface area contributed by atoms with Crippen molar-refractivity contribution in [1.82, 2.24) is 0 Å². The van der Waals surface area contributed by atoms with Crippen molar-refractivity contribution < 1.29 is 14.3 Å². The molecular formula is C49H74O3. The molecule has 0 amide bonds. The smallest absolute Gasteiger partial charge is 0.339 e. The molecule has 0 N–H and O–H groups in total. The van der Waals surface area contributed by atoms with Gasteiger partial charge in [-0.1, -0.05) is 216 Å². The zero-order valence-corrected chi connectivity index (χ0v) is 33.8. The first kappa shape index (κ1) is 43.5. The topological polar surface area (TPSA) is 35.5 Å². The predicted molar refractivity (Wildman–Crippen MR) is 224 cm³/mol. The van der Waals surface area contributed by atoms with E-state index in [4.69, 9.17) is 9.47 Å². The van der Waals surface area contributed by atoms with Gasteiger partial charge in [-0.3, -0.25) is 0 Å². The zero-order chi connectivity index (χ0) is 37.1. The Bertz CT molecular complexity index is 1310. The molecule has 0 aliphatic heterocycles. The Hall–Kier alpha value is -2.91. The molecule has 0 aliphatic carbocycles. The number of rotatable bonds is 30. The van der Waals surface area contributed by atoms with Crippen molar-refractivity contribution in [1.29, 1.82) is 0 Å². The number of hydrogen-bond acceptors (Lipinski definition) is 3. The molecule has 0 heterocycles. The molecular weight excluding hydrogens is 637 g/mol. The molecule has 3 rings (SSSR count). The molecule has 288 valence electrons. The molecule has 3 heteroatoms. The monoisotopic (exact) mass is 711 g/mol. The highest BCUT2D eigenvalue weighted by Crippen LogP contribution is 2.30. The number of hydrogen-bond donors (Lipinski definition) is 0. The van der Waals surface area contributed by atoms with Gasteiger partial charge in [0.15, 0.2) is 0 Å². The summed E-state index contributed by atoms with van der Waals surface area (Å²) < 4.78 is 12.2. The minimum absolute atomic E-state index is 0.0162. The molecule has 3 nitrogen and oxygen atoms in total. The number of benzene rings is 3. The van der Waals surface area contributed by atoms with Crippen molar-refractivity contribution in [2.75, 3.05) is 6.61 Å². The van der Waals surface area contributed by atoms with Crippen LogP contribution in [0.1, 0.15) is 197 Å². The first-order valence-electron chi connectivity index (χ1n) is 21.7. The van der Waals surface area contributed by atoms with Crippen molar-refractivity contribution in [3.8, 4) is 22.3 Å². The molecule has 0 bridgehead atoms. The lowest BCUT2D eigenvalue weighted by Gasteiger charge is -2.18. The Morgan fingerprint density at radius 2 is 0.962 bits per heavy atom. The van der Waals surface area contributed by atoms with E-state index in [1.54, 1.807) is 0 Å². The fraction of sp³-hybridized carbons (Fsp3) is 0.612. The second-order valence-electron chi connectivity index (χ2n) is 15.2. The average Bonchev–Trinajstić information content (AvgIpc) is 3.18. The van der Waals surface area contributed by atoms with Gasteiger partial charge in [0, 0.05) is 6.61 Å². The molecule has 3 aromatic rings. The summed E-state index contributed by atoms with van der Waals surface area (Å²) in [4.78, 5) is 13.3. The molecule has 52 heavy (non-hydrogen) atoms. The lowest BCUT2D eigenvalue weighted by Crippen LogP contribution is -2.18. The quantitative estimate of drug-likeness (QED) is 0.0510. The van der Waals surface area contributed by atoms with Gasteiger partial charge in [0.25, 0.3) is 0 Å². The van der Waals surface area contributed by atoms with Crippen LogP contribution in [0.3, 0.4) is 0 Å². The van der Waals surface area contributed by atoms with E-state index in [0.29, 0.717) is 5.56 Å². The van der Waals surface area contributed by atoms with Crippen molar-refractivity contribution in [2.24, 2.45) is 0 Å². The fourth-order valence-corrected chi connectivity index (χ4v) is 7.29. The van der Waals surface area contributed by atoms with Gasteiger partial charge in [-0.15, -0.1) is 0 Å². The molecule has 2 atom stereocenters. The number of carbonyl (C=O) groups excluding carboxylic acids is 1. The highest BCUT2D eigenvalue weighted by atomic mass is 16.5. The van der Waals surface area contributed by atoms with Gasteiger partial charge in [-0.05, 0) is 60.1 Å². The van der Waals surface area contributed by atoms with E-state index >= 15 is 0 Å². The van der Waals surface area contributed by atoms with Gasteiger partial charge >= 0.3 is 5.97 Å². The molecule has 0 radical (unpaired) electrons. The van der Waals surface area contributed by atoms with Crippen molar-refractivity contribution >= 4 is 5.97 Å². The van der Waals surface area contributed by atoms with Crippen LogP contribution in [0.4, 0.5) is 0 Å². The van der Waals surface area contributed by atoms with E-state index in [1.807, 2.05) is 24.3 Å². The lowest BCUT2D eigenvalue weighted by molar-refractivity contribution is 0.0255. The van der Waals surface area contributed by atoms with Crippen LogP contribution in [0, 0.1) is 0 Å². The fourth-order valence-electron chi connectivity index (χ4n) is 7.29. The summed E-state index contributed by atoms with van der Waals surface area (Å²) in [5.74, 6) is -0.221. The number of carbonyl (C=O) groups is 1. The van der Waals surface area contributed by atoms with E-state index < -0.39 is 0 Å². The van der Waals surface area contributed by atoms with Gasteiger partial charge in [0.05, 0.1) is 11.7 Å². The molecule has 0 saturated heterocycles.